The van der Waals surface area contributed by atoms with Gasteiger partial charge in [-0.05, 0) is 25.1 Å². The summed E-state index contributed by atoms with van der Waals surface area (Å²) in [5.41, 5.74) is 8.19. The Hall–Kier alpha value is -1.98. The number of guanidine groups is 1. The lowest BCUT2D eigenvalue weighted by Gasteiger charge is -2.20. The van der Waals surface area contributed by atoms with Gasteiger partial charge in [-0.1, -0.05) is 0 Å². The van der Waals surface area contributed by atoms with E-state index in [0.717, 1.165) is 30.9 Å². The molecule has 2 aliphatic heterocycles. The summed E-state index contributed by atoms with van der Waals surface area (Å²) in [4.78, 5) is 17.0. The van der Waals surface area contributed by atoms with E-state index < -0.39 is 0 Å². The summed E-state index contributed by atoms with van der Waals surface area (Å²) in [6.07, 6.45) is 2.80. The number of nitrogens with zero attached hydrogens (tertiary/aromatic N) is 4. The second-order valence-electron chi connectivity index (χ2n) is 4.72. The predicted molar refractivity (Wildman–Crippen MR) is 73.3 cm³/mol. The Morgan fingerprint density at radius 1 is 1.39 bits per heavy atom. The molecule has 0 amide bonds. The molecule has 3 N–H and O–H groups in total. The molecule has 1 unspecified atom stereocenters. The van der Waals surface area contributed by atoms with E-state index in [9.17, 15) is 0 Å². The van der Waals surface area contributed by atoms with Crippen molar-refractivity contribution in [1.29, 1.82) is 0 Å². The monoisotopic (exact) mass is 244 g/mol. The molecule has 3 aliphatic rings. The molecule has 0 saturated heterocycles. The Morgan fingerprint density at radius 3 is 3.11 bits per heavy atom. The Labute approximate surface area is 106 Å². The van der Waals surface area contributed by atoms with E-state index in [2.05, 4.69) is 32.0 Å². The normalized spacial score (nSPS) is 25.6. The largest absolute Gasteiger partial charge is 0.368 e. The fourth-order valence-corrected chi connectivity index (χ4v) is 2.23. The van der Waals surface area contributed by atoms with Crippen LogP contribution in [0.2, 0.25) is 0 Å². The Morgan fingerprint density at radius 2 is 2.28 bits per heavy atom. The molecule has 3 rings (SSSR count). The van der Waals surface area contributed by atoms with Crippen molar-refractivity contribution >= 4 is 24.2 Å². The average molecular weight is 244 g/mol. The van der Waals surface area contributed by atoms with Crippen LogP contribution in [0, 0.1) is 5.92 Å². The summed E-state index contributed by atoms with van der Waals surface area (Å²) in [7, 11) is 0. The molecular formula is C12H16N6. The zero-order valence-corrected chi connectivity index (χ0v) is 10.2. The van der Waals surface area contributed by atoms with Crippen molar-refractivity contribution < 1.29 is 0 Å². The summed E-state index contributed by atoms with van der Waals surface area (Å²) in [6.45, 7) is 4.84. The summed E-state index contributed by atoms with van der Waals surface area (Å²) in [5.74, 6) is 2.63. The second-order valence-corrected chi connectivity index (χ2v) is 4.72. The number of nitrogens with two attached hydrogens (primary N) is 1. The van der Waals surface area contributed by atoms with Gasteiger partial charge in [-0.2, -0.15) is 4.99 Å². The van der Waals surface area contributed by atoms with Crippen molar-refractivity contribution in [3.63, 3.8) is 0 Å². The van der Waals surface area contributed by atoms with Crippen LogP contribution in [0.5, 0.6) is 0 Å². The minimum absolute atomic E-state index is 0.343. The van der Waals surface area contributed by atoms with Crippen LogP contribution in [0.25, 0.3) is 0 Å². The van der Waals surface area contributed by atoms with Crippen molar-refractivity contribution in [2.45, 2.75) is 19.3 Å². The molecule has 18 heavy (non-hydrogen) atoms. The Bertz CT molecular complexity index is 511. The summed E-state index contributed by atoms with van der Waals surface area (Å²) in [6, 6.07) is 0. The van der Waals surface area contributed by atoms with E-state index in [1.807, 2.05) is 0 Å². The molecule has 0 radical (unpaired) electrons. The molecule has 1 atom stereocenters. The smallest absolute Gasteiger partial charge is 0.221 e. The molecule has 94 valence electrons. The zero-order chi connectivity index (χ0) is 12.5. The van der Waals surface area contributed by atoms with Crippen molar-refractivity contribution in [3.05, 3.63) is 11.4 Å². The van der Waals surface area contributed by atoms with Crippen LogP contribution < -0.4 is 11.1 Å². The first kappa shape index (κ1) is 11.1. The van der Waals surface area contributed by atoms with Gasteiger partial charge in [-0.25, -0.2) is 4.99 Å². The molecule has 6 nitrogen and oxygen atoms in total. The molecule has 0 aromatic carbocycles. The lowest BCUT2D eigenvalue weighted by Crippen LogP contribution is -2.30. The molecule has 1 fully saturated rings. The van der Waals surface area contributed by atoms with Gasteiger partial charge in [-0.15, -0.1) is 0 Å². The van der Waals surface area contributed by atoms with Crippen LogP contribution in [-0.2, 0) is 0 Å². The lowest BCUT2D eigenvalue weighted by atomic mass is 10.1. The molecule has 1 saturated carbocycles. The van der Waals surface area contributed by atoms with Gasteiger partial charge in [0.25, 0.3) is 0 Å². The van der Waals surface area contributed by atoms with Gasteiger partial charge < -0.3 is 16.0 Å². The molecule has 0 aromatic heterocycles. The maximum atomic E-state index is 5.79. The quantitative estimate of drug-likeness (QED) is 0.707. The van der Waals surface area contributed by atoms with Crippen LogP contribution in [0.4, 0.5) is 0 Å². The fourth-order valence-electron chi connectivity index (χ4n) is 2.23. The molecular weight excluding hydrogens is 228 g/mol. The summed E-state index contributed by atoms with van der Waals surface area (Å²) >= 11 is 0. The van der Waals surface area contributed by atoms with Crippen LogP contribution >= 0.6 is 0 Å². The Balaban J connectivity index is 1.79. The van der Waals surface area contributed by atoms with E-state index in [1.165, 1.54) is 11.3 Å². The fraction of sp³-hybridized carbons (Fsp3) is 0.500. The molecule has 0 spiro atoms. The third-order valence-corrected chi connectivity index (χ3v) is 3.31. The molecule has 0 bridgehead atoms. The van der Waals surface area contributed by atoms with Gasteiger partial charge in [0.05, 0.1) is 6.54 Å². The lowest BCUT2D eigenvalue weighted by molar-refractivity contribution is 0.777. The van der Waals surface area contributed by atoms with Gasteiger partial charge in [0.1, 0.15) is 11.7 Å². The van der Waals surface area contributed by atoms with Crippen molar-refractivity contribution in [2.24, 2.45) is 31.6 Å². The van der Waals surface area contributed by atoms with Crippen LogP contribution in [0.1, 0.15) is 19.3 Å². The number of rotatable bonds is 3. The van der Waals surface area contributed by atoms with Crippen LogP contribution in [0.3, 0.4) is 0 Å². The maximum Gasteiger partial charge on any atom is 0.221 e. The highest BCUT2D eigenvalue weighted by molar-refractivity contribution is 6.08. The first-order valence-electron chi connectivity index (χ1n) is 6.12. The third kappa shape index (κ3) is 2.18. The molecule has 6 heteroatoms. The first-order valence-corrected chi connectivity index (χ1v) is 6.12. The van der Waals surface area contributed by atoms with Gasteiger partial charge >= 0.3 is 0 Å². The minimum atomic E-state index is 0.343. The predicted octanol–water partition coefficient (Wildman–Crippen LogP) is 0.470. The van der Waals surface area contributed by atoms with E-state index in [1.54, 1.807) is 0 Å². The van der Waals surface area contributed by atoms with E-state index in [0.29, 0.717) is 25.0 Å². The second kappa shape index (κ2) is 4.36. The average Bonchev–Trinajstić information content (AvgIpc) is 3.04. The zero-order valence-electron chi connectivity index (χ0n) is 10.2. The summed E-state index contributed by atoms with van der Waals surface area (Å²) in [5, 5.41) is 3.23. The SMILES string of the molecule is C=NCCC1=NCC2=C(N=C(N)N=C3CC3C2)N1. The number of fused-ring (bicyclic) bond motifs is 1. The van der Waals surface area contributed by atoms with Crippen molar-refractivity contribution in [2.75, 3.05) is 13.1 Å². The van der Waals surface area contributed by atoms with Gasteiger partial charge in [0.2, 0.25) is 5.96 Å². The van der Waals surface area contributed by atoms with Crippen molar-refractivity contribution in [3.8, 4) is 0 Å². The maximum absolute atomic E-state index is 5.79. The number of amidine groups is 1. The van der Waals surface area contributed by atoms with Gasteiger partial charge in [0.15, 0.2) is 0 Å². The number of nitrogens with one attached hydrogen (secondary N) is 1. The number of hydrogen-bond donors (Lipinski definition) is 2. The minimum Gasteiger partial charge on any atom is -0.368 e. The van der Waals surface area contributed by atoms with E-state index in [-0.39, 0.29) is 0 Å². The number of hydrogen-bond acceptors (Lipinski definition) is 6. The highest BCUT2D eigenvalue weighted by atomic mass is 15.2. The topological polar surface area (TPSA) is 87.5 Å². The third-order valence-electron chi connectivity index (χ3n) is 3.31. The first-order chi connectivity index (χ1) is 8.76. The van der Waals surface area contributed by atoms with E-state index in [4.69, 9.17) is 5.73 Å². The molecule has 2 heterocycles. The summed E-state index contributed by atoms with van der Waals surface area (Å²) < 4.78 is 0. The highest BCUT2D eigenvalue weighted by Crippen LogP contribution is 2.35. The van der Waals surface area contributed by atoms with Crippen molar-refractivity contribution in [1.82, 2.24) is 5.32 Å². The standard InChI is InChI=1S/C12H16N6/c1-14-3-2-10-15-6-8-4-7-5-9(7)16-12(13)18-11(8)17-10/h7H,1-6H2,(H2,13,18)(H,15,17). The van der Waals surface area contributed by atoms with Crippen LogP contribution in [0.15, 0.2) is 31.4 Å². The Kier molecular flexibility index (Phi) is 2.70. The highest BCUT2D eigenvalue weighted by Gasteiger charge is 2.35. The molecule has 0 aromatic rings. The van der Waals surface area contributed by atoms with Crippen LogP contribution in [-0.4, -0.2) is 37.3 Å². The van der Waals surface area contributed by atoms with E-state index >= 15 is 0 Å². The van der Waals surface area contributed by atoms with Gasteiger partial charge in [0, 0.05) is 24.6 Å². The number of aliphatic imine (C=N–C) groups is 4. The molecule has 1 aliphatic carbocycles. The van der Waals surface area contributed by atoms with Gasteiger partial charge in [-0.3, -0.25) is 4.99 Å².